The molecule has 5 heteroatoms. The highest BCUT2D eigenvalue weighted by Gasteiger charge is 2.48. The van der Waals surface area contributed by atoms with Crippen molar-refractivity contribution in [3.63, 3.8) is 0 Å². The molecule has 16 heavy (non-hydrogen) atoms. The number of nitrogens with two attached hydrogens (primary N) is 1. The Morgan fingerprint density at radius 1 is 1.31 bits per heavy atom. The average Bonchev–Trinajstić information content (AvgIpc) is 2.89. The molecular weight excluding hydrogens is 204 g/mol. The monoisotopic (exact) mass is 218 g/mol. The van der Waals surface area contributed by atoms with Crippen LogP contribution in [0.25, 0.3) is 0 Å². The van der Waals surface area contributed by atoms with Crippen LogP contribution in [0.5, 0.6) is 0 Å². The van der Waals surface area contributed by atoms with Crippen LogP contribution in [0, 0.1) is 5.41 Å². The van der Waals surface area contributed by atoms with Crippen molar-refractivity contribution >= 4 is 11.9 Å². The Hall–Kier alpha value is -1.65. The van der Waals surface area contributed by atoms with Crippen molar-refractivity contribution < 1.29 is 4.79 Å². The first-order chi connectivity index (χ1) is 7.69. The summed E-state index contributed by atoms with van der Waals surface area (Å²) in [6.07, 6.45) is 6.92. The molecule has 0 bridgehead atoms. The van der Waals surface area contributed by atoms with E-state index in [2.05, 4.69) is 14.9 Å². The summed E-state index contributed by atoms with van der Waals surface area (Å²) in [5.74, 6) is 0.236. The molecule has 2 N–H and O–H groups in total. The molecular formula is C11H14N4O. The Labute approximate surface area is 93.7 Å². The minimum absolute atomic E-state index is 0.365. The molecule has 3 rings (SSSR count). The van der Waals surface area contributed by atoms with Gasteiger partial charge >= 0.3 is 0 Å². The van der Waals surface area contributed by atoms with Crippen molar-refractivity contribution in [3.05, 3.63) is 18.0 Å². The first-order valence-electron chi connectivity index (χ1n) is 5.55. The Morgan fingerprint density at radius 3 is 2.50 bits per heavy atom. The zero-order valence-electron chi connectivity index (χ0n) is 9.02. The van der Waals surface area contributed by atoms with Gasteiger partial charge in [0.1, 0.15) is 0 Å². The van der Waals surface area contributed by atoms with Gasteiger partial charge in [0, 0.05) is 25.5 Å². The highest BCUT2D eigenvalue weighted by molar-refractivity contribution is 5.92. The predicted octanol–water partition coefficient (Wildman–Crippen LogP) is 0.566. The molecule has 1 aliphatic carbocycles. The van der Waals surface area contributed by atoms with Crippen LogP contribution in [0.15, 0.2) is 12.4 Å². The van der Waals surface area contributed by atoms with Crippen LogP contribution in [0.1, 0.15) is 29.6 Å². The maximum atomic E-state index is 10.9. The Balaban J connectivity index is 1.77. The molecule has 0 unspecified atom stereocenters. The predicted molar refractivity (Wildman–Crippen MR) is 59.0 cm³/mol. The molecule has 1 aromatic heterocycles. The normalized spacial score (nSPS) is 21.4. The number of primary amides is 1. The van der Waals surface area contributed by atoms with Crippen LogP contribution in [-0.4, -0.2) is 29.0 Å². The molecule has 1 aromatic rings. The summed E-state index contributed by atoms with van der Waals surface area (Å²) in [5.41, 5.74) is 6.06. The van der Waals surface area contributed by atoms with E-state index < -0.39 is 5.91 Å². The maximum Gasteiger partial charge on any atom is 0.251 e. The van der Waals surface area contributed by atoms with Gasteiger partial charge in [-0.05, 0) is 24.7 Å². The minimum atomic E-state index is -0.480. The molecule has 0 aromatic carbocycles. The molecule has 84 valence electrons. The molecule has 2 fully saturated rings. The number of anilines is 1. The first kappa shape index (κ1) is 9.57. The fourth-order valence-corrected chi connectivity index (χ4v) is 2.30. The van der Waals surface area contributed by atoms with Gasteiger partial charge in [0.15, 0.2) is 0 Å². The summed E-state index contributed by atoms with van der Waals surface area (Å²) in [4.78, 5) is 21.4. The largest absolute Gasteiger partial charge is 0.366 e. The summed E-state index contributed by atoms with van der Waals surface area (Å²) in [6.45, 7) is 2.08. The maximum absolute atomic E-state index is 10.9. The van der Waals surface area contributed by atoms with Crippen LogP contribution in [0.2, 0.25) is 0 Å². The quantitative estimate of drug-likeness (QED) is 0.787. The van der Waals surface area contributed by atoms with Crippen molar-refractivity contribution in [2.75, 3.05) is 18.0 Å². The lowest BCUT2D eigenvalue weighted by atomic mass is 10.1. The van der Waals surface area contributed by atoms with E-state index in [0.29, 0.717) is 16.9 Å². The molecule has 0 atom stereocenters. The Morgan fingerprint density at radius 2 is 2.00 bits per heavy atom. The van der Waals surface area contributed by atoms with Crippen molar-refractivity contribution in [3.8, 4) is 0 Å². The fourth-order valence-electron chi connectivity index (χ4n) is 2.30. The second-order valence-corrected chi connectivity index (χ2v) is 4.81. The van der Waals surface area contributed by atoms with E-state index in [1.54, 1.807) is 0 Å². The van der Waals surface area contributed by atoms with Gasteiger partial charge in [-0.3, -0.25) is 4.79 Å². The van der Waals surface area contributed by atoms with Crippen molar-refractivity contribution in [2.45, 2.75) is 19.3 Å². The van der Waals surface area contributed by atoms with Gasteiger partial charge in [-0.2, -0.15) is 0 Å². The molecule has 5 nitrogen and oxygen atoms in total. The number of carbonyl (C=O) groups is 1. The van der Waals surface area contributed by atoms with E-state index >= 15 is 0 Å². The SMILES string of the molecule is NC(=O)c1cnc(N2CCC3(CC3)C2)nc1. The molecule has 0 radical (unpaired) electrons. The number of nitrogens with zero attached hydrogens (tertiary/aromatic N) is 3. The molecule has 1 saturated heterocycles. The van der Waals surface area contributed by atoms with Gasteiger partial charge in [-0.25, -0.2) is 9.97 Å². The fraction of sp³-hybridized carbons (Fsp3) is 0.545. The van der Waals surface area contributed by atoms with E-state index in [1.807, 2.05) is 0 Å². The second kappa shape index (κ2) is 3.17. The number of hydrogen-bond acceptors (Lipinski definition) is 4. The minimum Gasteiger partial charge on any atom is -0.366 e. The van der Waals surface area contributed by atoms with Crippen molar-refractivity contribution in [1.82, 2.24) is 9.97 Å². The van der Waals surface area contributed by atoms with Crippen molar-refractivity contribution in [1.29, 1.82) is 0 Å². The molecule has 1 spiro atoms. The Bertz CT molecular complexity index is 424. The number of rotatable bonds is 2. The van der Waals surface area contributed by atoms with E-state index in [1.165, 1.54) is 31.7 Å². The zero-order valence-corrected chi connectivity index (χ0v) is 9.02. The lowest BCUT2D eigenvalue weighted by molar-refractivity contribution is 0.0999. The smallest absolute Gasteiger partial charge is 0.251 e. The number of aromatic nitrogens is 2. The van der Waals surface area contributed by atoms with Crippen LogP contribution >= 0.6 is 0 Å². The summed E-state index contributed by atoms with van der Waals surface area (Å²) in [6, 6.07) is 0. The second-order valence-electron chi connectivity index (χ2n) is 4.81. The molecule has 1 aliphatic heterocycles. The van der Waals surface area contributed by atoms with Crippen LogP contribution < -0.4 is 10.6 Å². The highest BCUT2D eigenvalue weighted by Crippen LogP contribution is 2.52. The van der Waals surface area contributed by atoms with Crippen LogP contribution in [-0.2, 0) is 0 Å². The summed E-state index contributed by atoms with van der Waals surface area (Å²) < 4.78 is 0. The van der Waals surface area contributed by atoms with Crippen molar-refractivity contribution in [2.24, 2.45) is 11.1 Å². The van der Waals surface area contributed by atoms with Gasteiger partial charge in [-0.15, -0.1) is 0 Å². The first-order valence-corrected chi connectivity index (χ1v) is 5.55. The van der Waals surface area contributed by atoms with Gasteiger partial charge in [0.05, 0.1) is 5.56 Å². The van der Waals surface area contributed by atoms with E-state index in [9.17, 15) is 4.79 Å². The van der Waals surface area contributed by atoms with E-state index in [4.69, 9.17) is 5.73 Å². The van der Waals surface area contributed by atoms with E-state index in [0.717, 1.165) is 13.1 Å². The van der Waals surface area contributed by atoms with Crippen LogP contribution in [0.3, 0.4) is 0 Å². The van der Waals surface area contributed by atoms with Gasteiger partial charge in [0.2, 0.25) is 5.95 Å². The van der Waals surface area contributed by atoms with Gasteiger partial charge < -0.3 is 10.6 Å². The molecule has 1 saturated carbocycles. The van der Waals surface area contributed by atoms with E-state index in [-0.39, 0.29) is 0 Å². The van der Waals surface area contributed by atoms with Crippen LogP contribution in [0.4, 0.5) is 5.95 Å². The molecule has 2 aliphatic rings. The highest BCUT2D eigenvalue weighted by atomic mass is 16.1. The summed E-state index contributed by atoms with van der Waals surface area (Å²) in [5, 5.41) is 0. The van der Waals surface area contributed by atoms with Gasteiger partial charge in [-0.1, -0.05) is 0 Å². The number of amides is 1. The molecule has 1 amide bonds. The number of hydrogen-bond donors (Lipinski definition) is 1. The van der Waals surface area contributed by atoms with Gasteiger partial charge in [0.25, 0.3) is 5.91 Å². The standard InChI is InChI=1S/C11H14N4O/c12-9(16)8-5-13-10(14-6-8)15-4-3-11(7-15)1-2-11/h5-6H,1-4,7H2,(H2,12,16). The third kappa shape index (κ3) is 1.52. The summed E-state index contributed by atoms with van der Waals surface area (Å²) in [7, 11) is 0. The lowest BCUT2D eigenvalue weighted by Crippen LogP contribution is -2.23. The third-order valence-corrected chi connectivity index (χ3v) is 3.60. The molecule has 2 heterocycles. The summed E-state index contributed by atoms with van der Waals surface area (Å²) >= 11 is 0. The average molecular weight is 218 g/mol. The topological polar surface area (TPSA) is 72.1 Å². The zero-order chi connectivity index (χ0) is 11.2. The third-order valence-electron chi connectivity index (χ3n) is 3.60. The number of carbonyl (C=O) groups excluding carboxylic acids is 1. The lowest BCUT2D eigenvalue weighted by Gasteiger charge is -2.15. The Kier molecular flexibility index (Phi) is 1.89.